The molecule has 0 fully saturated rings. The number of amides is 1. The van der Waals surface area contributed by atoms with Gasteiger partial charge >= 0.3 is 0 Å². The zero-order chi connectivity index (χ0) is 16.9. The number of aryl methyl sites for hydroxylation is 1. The van der Waals surface area contributed by atoms with Gasteiger partial charge in [-0.05, 0) is 49.4 Å². The molecule has 2 aromatic rings. The van der Waals surface area contributed by atoms with Gasteiger partial charge in [0.05, 0.1) is 12.3 Å². The average Bonchev–Trinajstić information content (AvgIpc) is 2.61. The van der Waals surface area contributed by atoms with Crippen LogP contribution in [0.1, 0.15) is 29.5 Å². The third kappa shape index (κ3) is 3.77. The fourth-order valence-corrected chi connectivity index (χ4v) is 3.04. The number of anilines is 1. The number of fused-ring (bicyclic) bond motifs is 1. The fraction of sp³-hybridized carbons (Fsp3) is 0.263. The second kappa shape index (κ2) is 7.49. The normalized spacial score (nSPS) is 15.0. The first kappa shape index (κ1) is 16.5. The van der Waals surface area contributed by atoms with Crippen LogP contribution in [0.3, 0.4) is 0 Å². The van der Waals surface area contributed by atoms with E-state index in [1.54, 1.807) is 0 Å². The van der Waals surface area contributed by atoms with Crippen LogP contribution in [0.4, 0.5) is 5.69 Å². The topological polar surface area (TPSA) is 53.5 Å². The number of benzene rings is 2. The maximum absolute atomic E-state index is 12.1. The highest BCUT2D eigenvalue weighted by Gasteiger charge is 2.15. The molecule has 0 heterocycles. The molecular weight excluding hydrogens is 322 g/mol. The molecule has 0 saturated carbocycles. The van der Waals surface area contributed by atoms with E-state index in [1.165, 1.54) is 5.56 Å². The Labute approximate surface area is 146 Å². The molecule has 0 aromatic heterocycles. The van der Waals surface area contributed by atoms with Gasteiger partial charge in [-0.3, -0.25) is 4.79 Å². The lowest BCUT2D eigenvalue weighted by Crippen LogP contribution is -2.28. The number of hydrogen-bond donors (Lipinski definition) is 2. The van der Waals surface area contributed by atoms with Gasteiger partial charge < -0.3 is 5.32 Å². The number of carbonyl (C=O) groups excluding carboxylic acids is 1. The van der Waals surface area contributed by atoms with Crippen LogP contribution < -0.4 is 10.7 Å². The molecule has 0 spiro atoms. The van der Waals surface area contributed by atoms with Crippen LogP contribution in [0.5, 0.6) is 0 Å². The van der Waals surface area contributed by atoms with Crippen molar-refractivity contribution in [1.29, 1.82) is 0 Å². The maximum atomic E-state index is 12.1. The van der Waals surface area contributed by atoms with Crippen LogP contribution in [-0.4, -0.2) is 18.2 Å². The number of carbonyl (C=O) groups is 1. The van der Waals surface area contributed by atoms with Crippen molar-refractivity contribution >= 4 is 28.9 Å². The van der Waals surface area contributed by atoms with E-state index in [1.807, 2.05) is 37.3 Å². The van der Waals surface area contributed by atoms with Crippen molar-refractivity contribution in [2.24, 2.45) is 5.10 Å². The van der Waals surface area contributed by atoms with E-state index in [0.29, 0.717) is 5.02 Å². The van der Waals surface area contributed by atoms with E-state index in [-0.39, 0.29) is 12.5 Å². The summed E-state index contributed by atoms with van der Waals surface area (Å²) in [6.45, 7) is 2.07. The highest BCUT2D eigenvalue weighted by molar-refractivity contribution is 6.31. The molecule has 24 heavy (non-hydrogen) atoms. The number of hydrazone groups is 1. The van der Waals surface area contributed by atoms with Gasteiger partial charge in [-0.1, -0.05) is 41.9 Å². The van der Waals surface area contributed by atoms with Crippen LogP contribution in [-0.2, 0) is 11.2 Å². The zero-order valence-corrected chi connectivity index (χ0v) is 14.4. The van der Waals surface area contributed by atoms with E-state index in [4.69, 9.17) is 11.6 Å². The summed E-state index contributed by atoms with van der Waals surface area (Å²) in [7, 11) is 0. The van der Waals surface area contributed by atoms with E-state index in [0.717, 1.165) is 41.8 Å². The summed E-state index contributed by atoms with van der Waals surface area (Å²) in [6.07, 6.45) is 3.02. The van der Waals surface area contributed by atoms with Gasteiger partial charge in [0.1, 0.15) is 0 Å². The van der Waals surface area contributed by atoms with Crippen molar-refractivity contribution in [3.63, 3.8) is 0 Å². The minimum atomic E-state index is -0.176. The largest absolute Gasteiger partial charge is 0.376 e. The van der Waals surface area contributed by atoms with E-state index < -0.39 is 0 Å². The summed E-state index contributed by atoms with van der Waals surface area (Å²) >= 11 is 6.08. The molecule has 0 bridgehead atoms. The molecule has 0 saturated heterocycles. The van der Waals surface area contributed by atoms with E-state index in [2.05, 4.69) is 28.0 Å². The first-order valence-corrected chi connectivity index (χ1v) is 8.45. The standard InChI is InChI=1S/C19H20ClN3O/c1-13-16(20)9-5-10-17(13)21-12-19(24)23-22-18-11-4-7-14-6-2-3-8-15(14)18/h2-3,5-6,8-10,21H,4,7,11-12H2,1H3,(H,23,24)/b22-18+. The van der Waals surface area contributed by atoms with Gasteiger partial charge in [0.2, 0.25) is 0 Å². The molecule has 1 amide bonds. The third-order valence-corrected chi connectivity index (χ3v) is 4.62. The molecule has 0 unspecified atom stereocenters. The average molecular weight is 342 g/mol. The predicted octanol–water partition coefficient (Wildman–Crippen LogP) is 3.92. The maximum Gasteiger partial charge on any atom is 0.259 e. The molecular formula is C19H20ClN3O. The monoisotopic (exact) mass is 341 g/mol. The highest BCUT2D eigenvalue weighted by atomic mass is 35.5. The summed E-state index contributed by atoms with van der Waals surface area (Å²) in [5.41, 5.74) is 7.82. The van der Waals surface area contributed by atoms with E-state index in [9.17, 15) is 4.79 Å². The first-order chi connectivity index (χ1) is 11.6. The smallest absolute Gasteiger partial charge is 0.259 e. The Morgan fingerprint density at radius 3 is 2.88 bits per heavy atom. The lowest BCUT2D eigenvalue weighted by molar-refractivity contribution is -0.119. The number of halogens is 1. The van der Waals surface area contributed by atoms with Crippen molar-refractivity contribution in [2.75, 3.05) is 11.9 Å². The second-order valence-corrected chi connectivity index (χ2v) is 6.28. The predicted molar refractivity (Wildman–Crippen MR) is 98.7 cm³/mol. The zero-order valence-electron chi connectivity index (χ0n) is 13.6. The molecule has 0 radical (unpaired) electrons. The molecule has 4 nitrogen and oxygen atoms in total. The Kier molecular flexibility index (Phi) is 5.16. The van der Waals surface area contributed by atoms with Crippen LogP contribution in [0, 0.1) is 6.92 Å². The second-order valence-electron chi connectivity index (χ2n) is 5.87. The van der Waals surface area contributed by atoms with Crippen molar-refractivity contribution < 1.29 is 4.79 Å². The van der Waals surface area contributed by atoms with Crippen molar-refractivity contribution in [3.8, 4) is 0 Å². The number of nitrogens with one attached hydrogen (secondary N) is 2. The minimum Gasteiger partial charge on any atom is -0.376 e. The van der Waals surface area contributed by atoms with Gasteiger partial charge in [0, 0.05) is 16.3 Å². The Hall–Kier alpha value is -2.33. The summed E-state index contributed by atoms with van der Waals surface area (Å²) in [5.74, 6) is -0.176. The Morgan fingerprint density at radius 1 is 1.17 bits per heavy atom. The molecule has 1 aliphatic rings. The molecule has 2 aromatic carbocycles. The summed E-state index contributed by atoms with van der Waals surface area (Å²) in [4.78, 5) is 12.1. The minimum absolute atomic E-state index is 0.152. The van der Waals surface area contributed by atoms with Gasteiger partial charge in [0.15, 0.2) is 0 Å². The van der Waals surface area contributed by atoms with Gasteiger partial charge in [-0.15, -0.1) is 0 Å². The lowest BCUT2D eigenvalue weighted by atomic mass is 9.90. The van der Waals surface area contributed by atoms with Crippen LogP contribution in [0.2, 0.25) is 5.02 Å². The number of rotatable bonds is 4. The first-order valence-electron chi connectivity index (χ1n) is 8.08. The fourth-order valence-electron chi connectivity index (χ4n) is 2.86. The number of nitrogens with zero attached hydrogens (tertiary/aromatic N) is 1. The molecule has 5 heteroatoms. The number of hydrogen-bond acceptors (Lipinski definition) is 3. The van der Waals surface area contributed by atoms with Gasteiger partial charge in [-0.2, -0.15) is 5.10 Å². The molecule has 2 N–H and O–H groups in total. The molecule has 0 atom stereocenters. The highest BCUT2D eigenvalue weighted by Crippen LogP contribution is 2.23. The van der Waals surface area contributed by atoms with E-state index >= 15 is 0 Å². The Balaban J connectivity index is 1.61. The molecule has 3 rings (SSSR count). The van der Waals surface area contributed by atoms with Gasteiger partial charge in [0.25, 0.3) is 5.91 Å². The van der Waals surface area contributed by atoms with Gasteiger partial charge in [-0.25, -0.2) is 5.43 Å². The Morgan fingerprint density at radius 2 is 2.00 bits per heavy atom. The summed E-state index contributed by atoms with van der Waals surface area (Å²) in [6, 6.07) is 13.8. The van der Waals surface area contributed by atoms with Crippen LogP contribution >= 0.6 is 11.6 Å². The molecule has 0 aliphatic heterocycles. The van der Waals surface area contributed by atoms with Crippen molar-refractivity contribution in [1.82, 2.24) is 5.43 Å². The third-order valence-electron chi connectivity index (χ3n) is 4.21. The quantitative estimate of drug-likeness (QED) is 0.828. The van der Waals surface area contributed by atoms with Crippen molar-refractivity contribution in [3.05, 3.63) is 64.2 Å². The van der Waals surface area contributed by atoms with Crippen LogP contribution in [0.25, 0.3) is 0 Å². The SMILES string of the molecule is Cc1c(Cl)cccc1NCC(=O)N/N=C1\CCCc2ccccc21. The summed E-state index contributed by atoms with van der Waals surface area (Å²) < 4.78 is 0. The Bertz CT molecular complexity index is 786. The summed E-state index contributed by atoms with van der Waals surface area (Å²) in [5, 5.41) is 8.10. The van der Waals surface area contributed by atoms with Crippen LogP contribution in [0.15, 0.2) is 47.6 Å². The van der Waals surface area contributed by atoms with Crippen molar-refractivity contribution in [2.45, 2.75) is 26.2 Å². The molecule has 124 valence electrons. The molecule has 1 aliphatic carbocycles. The lowest BCUT2D eigenvalue weighted by Gasteiger charge is -2.17.